The number of carbonyl (C=O) groups is 3. The standard InChI is InChI=1S/C63H94O6/c1-4-7-10-13-16-19-22-25-28-30-32-35-38-41-44-47-50-53-56-62(65)68-59-60(58-67-61(64)55-52-49-46-43-40-37-34-27-24-21-18-15-12-9-6-3)69-63(66)57-54-51-48-45-42-39-36-33-31-29-26-23-20-17-14-11-8-5-2/h9-10,12-13,15-37,40,60H,4-8,11,14,38-39,41-59H2,1-3H3/b12-9-,13-10-,18-15-,19-16-,20-17-,24-21-,25-22-,26-23-,30-28-,31-29-,34-27-,35-32-,36-33-,40-37-. The van der Waals surface area contributed by atoms with Crippen LogP contribution < -0.4 is 0 Å². The van der Waals surface area contributed by atoms with Gasteiger partial charge in [-0.3, -0.25) is 14.4 Å². The second-order valence-electron chi connectivity index (χ2n) is 17.0. The van der Waals surface area contributed by atoms with Crippen LogP contribution in [0.5, 0.6) is 0 Å². The van der Waals surface area contributed by atoms with Gasteiger partial charge in [0.05, 0.1) is 0 Å². The molecule has 0 N–H and O–H groups in total. The maximum absolute atomic E-state index is 12.8. The monoisotopic (exact) mass is 947 g/mol. The molecular formula is C63H94O6. The van der Waals surface area contributed by atoms with Crippen molar-refractivity contribution in [1.82, 2.24) is 0 Å². The van der Waals surface area contributed by atoms with E-state index in [1.54, 1.807) is 0 Å². The lowest BCUT2D eigenvalue weighted by atomic mass is 10.1. The lowest BCUT2D eigenvalue weighted by molar-refractivity contribution is -0.167. The molecule has 0 aliphatic heterocycles. The van der Waals surface area contributed by atoms with Crippen LogP contribution in [0.3, 0.4) is 0 Å². The number of esters is 3. The van der Waals surface area contributed by atoms with E-state index in [-0.39, 0.29) is 44.0 Å². The molecule has 0 heterocycles. The van der Waals surface area contributed by atoms with Crippen LogP contribution in [0.1, 0.15) is 188 Å². The van der Waals surface area contributed by atoms with Crippen LogP contribution >= 0.6 is 0 Å². The van der Waals surface area contributed by atoms with Crippen molar-refractivity contribution >= 4 is 17.9 Å². The molecular weight excluding hydrogens is 853 g/mol. The first-order valence-electron chi connectivity index (χ1n) is 26.8. The first kappa shape index (κ1) is 63.8. The molecule has 0 spiro atoms. The van der Waals surface area contributed by atoms with Crippen LogP contribution in [0.15, 0.2) is 170 Å². The SMILES string of the molecule is CC\C=C/C=C\C=C/C=C\C=C/CCCCCC(=O)OCC(COC(=O)CCCCCCC\C=C/C=C\C=C/C=C\C=C/CCC)OC(=O)CCCCCCC\C=C/C=C\C=C/C=C\CCCCC. The molecule has 0 aromatic heterocycles. The van der Waals surface area contributed by atoms with Crippen LogP contribution in [0.25, 0.3) is 0 Å². The Morgan fingerprint density at radius 2 is 0.594 bits per heavy atom. The molecule has 0 aliphatic rings. The summed E-state index contributed by atoms with van der Waals surface area (Å²) < 4.78 is 16.8. The van der Waals surface area contributed by atoms with E-state index in [9.17, 15) is 14.4 Å². The minimum absolute atomic E-state index is 0.125. The number of carbonyl (C=O) groups excluding carboxylic acids is 3. The van der Waals surface area contributed by atoms with Gasteiger partial charge in [-0.05, 0) is 83.5 Å². The van der Waals surface area contributed by atoms with Crippen LogP contribution in [0, 0.1) is 0 Å². The zero-order chi connectivity index (χ0) is 50.0. The zero-order valence-corrected chi connectivity index (χ0v) is 43.5. The minimum Gasteiger partial charge on any atom is -0.462 e. The Hall–Kier alpha value is -5.23. The molecule has 0 radical (unpaired) electrons. The van der Waals surface area contributed by atoms with Gasteiger partial charge in [0.2, 0.25) is 0 Å². The summed E-state index contributed by atoms with van der Waals surface area (Å²) in [6.45, 7) is 6.26. The maximum atomic E-state index is 12.8. The van der Waals surface area contributed by atoms with Crippen LogP contribution in [-0.2, 0) is 28.6 Å². The van der Waals surface area contributed by atoms with E-state index >= 15 is 0 Å². The van der Waals surface area contributed by atoms with Crippen molar-refractivity contribution in [2.75, 3.05) is 13.2 Å². The number of rotatable bonds is 45. The third-order valence-corrected chi connectivity index (χ3v) is 10.5. The Balaban J connectivity index is 4.62. The van der Waals surface area contributed by atoms with E-state index in [0.29, 0.717) is 12.8 Å². The van der Waals surface area contributed by atoms with Crippen molar-refractivity contribution in [2.45, 2.75) is 194 Å². The molecule has 0 aromatic carbocycles. The third-order valence-electron chi connectivity index (χ3n) is 10.5. The Kier molecular flexibility index (Phi) is 51.2. The molecule has 6 heteroatoms. The van der Waals surface area contributed by atoms with Crippen LogP contribution in [0.2, 0.25) is 0 Å². The summed E-state index contributed by atoms with van der Waals surface area (Å²) in [4.78, 5) is 38.1. The van der Waals surface area contributed by atoms with Crippen molar-refractivity contribution < 1.29 is 28.6 Å². The summed E-state index contributed by atoms with van der Waals surface area (Å²) in [5.41, 5.74) is 0. The van der Waals surface area contributed by atoms with Gasteiger partial charge in [0.1, 0.15) is 13.2 Å². The molecule has 6 nitrogen and oxygen atoms in total. The molecule has 1 atom stereocenters. The molecule has 0 rings (SSSR count). The Labute approximate surface area is 422 Å². The number of hydrogen-bond acceptors (Lipinski definition) is 6. The predicted molar refractivity (Wildman–Crippen MR) is 297 cm³/mol. The summed E-state index contributed by atoms with van der Waals surface area (Å²) in [7, 11) is 0. The van der Waals surface area contributed by atoms with Crippen molar-refractivity contribution in [1.29, 1.82) is 0 Å². The molecule has 0 aromatic rings. The van der Waals surface area contributed by atoms with Crippen LogP contribution in [-0.4, -0.2) is 37.2 Å². The maximum Gasteiger partial charge on any atom is 0.306 e. The lowest BCUT2D eigenvalue weighted by Crippen LogP contribution is -2.30. The van der Waals surface area contributed by atoms with E-state index < -0.39 is 6.10 Å². The second-order valence-corrected chi connectivity index (χ2v) is 17.0. The zero-order valence-electron chi connectivity index (χ0n) is 43.5. The fourth-order valence-electron chi connectivity index (χ4n) is 6.50. The van der Waals surface area contributed by atoms with Gasteiger partial charge in [-0.2, -0.15) is 0 Å². The van der Waals surface area contributed by atoms with Crippen molar-refractivity contribution in [3.63, 3.8) is 0 Å². The molecule has 0 fully saturated rings. The van der Waals surface area contributed by atoms with E-state index in [0.717, 1.165) is 116 Å². The van der Waals surface area contributed by atoms with E-state index in [1.165, 1.54) is 25.7 Å². The normalized spacial score (nSPS) is 13.5. The second kappa shape index (κ2) is 55.4. The molecule has 0 bridgehead atoms. The van der Waals surface area contributed by atoms with Crippen molar-refractivity contribution in [3.05, 3.63) is 170 Å². The van der Waals surface area contributed by atoms with E-state index in [1.807, 2.05) is 85.1 Å². The first-order valence-corrected chi connectivity index (χ1v) is 26.8. The number of allylic oxidation sites excluding steroid dienone is 28. The molecule has 69 heavy (non-hydrogen) atoms. The van der Waals surface area contributed by atoms with Gasteiger partial charge >= 0.3 is 17.9 Å². The Morgan fingerprint density at radius 1 is 0.304 bits per heavy atom. The van der Waals surface area contributed by atoms with Crippen LogP contribution in [0.4, 0.5) is 0 Å². The molecule has 0 aliphatic carbocycles. The Morgan fingerprint density at radius 3 is 0.957 bits per heavy atom. The molecule has 1 unspecified atom stereocenters. The number of unbranched alkanes of at least 4 members (excludes halogenated alkanes) is 17. The average Bonchev–Trinajstić information content (AvgIpc) is 3.35. The highest BCUT2D eigenvalue weighted by Crippen LogP contribution is 2.12. The van der Waals surface area contributed by atoms with E-state index in [4.69, 9.17) is 14.2 Å². The summed E-state index contributed by atoms with van der Waals surface area (Å²) in [6, 6.07) is 0. The number of hydrogen-bond donors (Lipinski definition) is 0. The highest BCUT2D eigenvalue weighted by molar-refractivity contribution is 5.71. The molecule has 0 amide bonds. The molecule has 382 valence electrons. The van der Waals surface area contributed by atoms with Gasteiger partial charge in [-0.1, -0.05) is 255 Å². The largest absolute Gasteiger partial charge is 0.462 e. The first-order chi connectivity index (χ1) is 34.0. The topological polar surface area (TPSA) is 78.9 Å². The van der Waals surface area contributed by atoms with E-state index in [2.05, 4.69) is 106 Å². The van der Waals surface area contributed by atoms with Crippen molar-refractivity contribution in [2.24, 2.45) is 0 Å². The summed E-state index contributed by atoms with van der Waals surface area (Å²) in [6.07, 6.45) is 81.8. The fraction of sp³-hybridized carbons (Fsp3) is 0.508. The van der Waals surface area contributed by atoms with Gasteiger partial charge in [0.25, 0.3) is 0 Å². The predicted octanol–water partition coefficient (Wildman–Crippen LogP) is 18.0. The van der Waals surface area contributed by atoms with Gasteiger partial charge in [0.15, 0.2) is 6.10 Å². The molecule has 0 saturated heterocycles. The molecule has 0 saturated carbocycles. The van der Waals surface area contributed by atoms with Crippen molar-refractivity contribution in [3.8, 4) is 0 Å². The third kappa shape index (κ3) is 53.6. The smallest absolute Gasteiger partial charge is 0.306 e. The van der Waals surface area contributed by atoms with Gasteiger partial charge in [-0.25, -0.2) is 0 Å². The lowest BCUT2D eigenvalue weighted by Gasteiger charge is -2.18. The van der Waals surface area contributed by atoms with Gasteiger partial charge in [0, 0.05) is 19.3 Å². The van der Waals surface area contributed by atoms with Gasteiger partial charge in [-0.15, -0.1) is 0 Å². The highest BCUT2D eigenvalue weighted by atomic mass is 16.6. The quantitative estimate of drug-likeness (QED) is 0.0262. The van der Waals surface area contributed by atoms with Gasteiger partial charge < -0.3 is 14.2 Å². The average molecular weight is 947 g/mol. The summed E-state index contributed by atoms with van der Waals surface area (Å²) in [5.74, 6) is -1.03. The number of ether oxygens (including phenoxy) is 3. The highest BCUT2D eigenvalue weighted by Gasteiger charge is 2.19. The minimum atomic E-state index is -0.829. The summed E-state index contributed by atoms with van der Waals surface area (Å²) >= 11 is 0. The summed E-state index contributed by atoms with van der Waals surface area (Å²) in [5, 5.41) is 0. The Bertz CT molecular complexity index is 1650. The fourth-order valence-corrected chi connectivity index (χ4v) is 6.50.